The van der Waals surface area contributed by atoms with Gasteiger partial charge < -0.3 is 5.32 Å². The van der Waals surface area contributed by atoms with Crippen molar-refractivity contribution in [2.75, 3.05) is 19.3 Å². The summed E-state index contributed by atoms with van der Waals surface area (Å²) in [5.41, 5.74) is 2.41. The van der Waals surface area contributed by atoms with Gasteiger partial charge in [-0.1, -0.05) is 18.2 Å². The molecule has 4 heteroatoms. The summed E-state index contributed by atoms with van der Waals surface area (Å²) in [4.78, 5) is 0.380. The van der Waals surface area contributed by atoms with Crippen molar-refractivity contribution in [2.24, 2.45) is 0 Å². The minimum Gasteiger partial charge on any atom is -0.313 e. The van der Waals surface area contributed by atoms with Crippen LogP contribution in [0, 0.1) is 0 Å². The van der Waals surface area contributed by atoms with Crippen molar-refractivity contribution in [1.82, 2.24) is 5.32 Å². The molecule has 0 aromatic heterocycles. The molecular weight excluding hydrogens is 222 g/mol. The van der Waals surface area contributed by atoms with Crippen molar-refractivity contribution in [3.8, 4) is 0 Å². The zero-order valence-corrected chi connectivity index (χ0v) is 10.0. The van der Waals surface area contributed by atoms with Crippen LogP contribution in [-0.4, -0.2) is 27.8 Å². The molecule has 0 saturated carbocycles. The van der Waals surface area contributed by atoms with Crippen LogP contribution < -0.4 is 5.32 Å². The minimum absolute atomic E-state index is 0.380. The van der Waals surface area contributed by atoms with Crippen molar-refractivity contribution in [2.45, 2.75) is 11.3 Å². The first-order valence-corrected chi connectivity index (χ1v) is 7.17. The second-order valence-electron chi connectivity index (χ2n) is 3.98. The molecule has 0 amide bonds. The summed E-state index contributed by atoms with van der Waals surface area (Å²) < 4.78 is 22.6. The van der Waals surface area contributed by atoms with E-state index in [1.165, 1.54) is 11.8 Å². The van der Waals surface area contributed by atoms with Gasteiger partial charge in [-0.25, -0.2) is 8.42 Å². The highest BCUT2D eigenvalue weighted by Crippen LogP contribution is 2.21. The molecule has 0 atom stereocenters. The maximum Gasteiger partial charge on any atom is 0.175 e. The standard InChI is InChI=1S/C12H15NO2S/c1-16(14,15)12-4-2-10(3-5-12)11-6-8-13-9-7-11/h2-6,13H,7-9H2,1H3. The zero-order valence-electron chi connectivity index (χ0n) is 9.23. The summed E-state index contributed by atoms with van der Waals surface area (Å²) in [6.45, 7) is 1.88. The average molecular weight is 237 g/mol. The molecule has 0 unspecified atom stereocenters. The Labute approximate surface area is 96.1 Å². The van der Waals surface area contributed by atoms with E-state index < -0.39 is 9.84 Å². The molecule has 0 fully saturated rings. The molecule has 1 aliphatic rings. The molecule has 1 heterocycles. The second-order valence-corrected chi connectivity index (χ2v) is 6.00. The van der Waals surface area contributed by atoms with Crippen LogP contribution in [-0.2, 0) is 9.84 Å². The van der Waals surface area contributed by atoms with Gasteiger partial charge in [0, 0.05) is 12.8 Å². The number of rotatable bonds is 2. The van der Waals surface area contributed by atoms with Crippen LogP contribution in [0.2, 0.25) is 0 Å². The lowest BCUT2D eigenvalue weighted by Crippen LogP contribution is -2.20. The van der Waals surface area contributed by atoms with Gasteiger partial charge in [-0.15, -0.1) is 0 Å². The van der Waals surface area contributed by atoms with Crippen LogP contribution in [0.25, 0.3) is 5.57 Å². The largest absolute Gasteiger partial charge is 0.313 e. The number of hydrogen-bond acceptors (Lipinski definition) is 3. The molecule has 0 aliphatic carbocycles. The van der Waals surface area contributed by atoms with Gasteiger partial charge in [-0.05, 0) is 36.2 Å². The zero-order chi connectivity index (χ0) is 11.6. The molecule has 1 N–H and O–H groups in total. The van der Waals surface area contributed by atoms with Crippen LogP contribution in [0.5, 0.6) is 0 Å². The third-order valence-electron chi connectivity index (χ3n) is 2.72. The summed E-state index contributed by atoms with van der Waals surface area (Å²) in [5.74, 6) is 0. The summed E-state index contributed by atoms with van der Waals surface area (Å²) in [5, 5.41) is 3.25. The van der Waals surface area contributed by atoms with Gasteiger partial charge in [0.05, 0.1) is 4.90 Å². The number of sulfone groups is 1. The Morgan fingerprint density at radius 2 is 1.88 bits per heavy atom. The topological polar surface area (TPSA) is 46.2 Å². The van der Waals surface area contributed by atoms with Crippen molar-refractivity contribution in [3.05, 3.63) is 35.9 Å². The van der Waals surface area contributed by atoms with E-state index in [1.807, 2.05) is 12.1 Å². The SMILES string of the molecule is CS(=O)(=O)c1ccc(C2=CCNCC2)cc1. The first-order valence-electron chi connectivity index (χ1n) is 5.27. The van der Waals surface area contributed by atoms with Crippen LogP contribution in [0.15, 0.2) is 35.2 Å². The Balaban J connectivity index is 2.29. The molecule has 16 heavy (non-hydrogen) atoms. The predicted molar refractivity (Wildman–Crippen MR) is 65.0 cm³/mol. The van der Waals surface area contributed by atoms with Crippen LogP contribution in [0.4, 0.5) is 0 Å². The fourth-order valence-corrected chi connectivity index (χ4v) is 2.43. The Morgan fingerprint density at radius 1 is 1.19 bits per heavy atom. The maximum atomic E-state index is 11.3. The monoisotopic (exact) mass is 237 g/mol. The van der Waals surface area contributed by atoms with E-state index in [-0.39, 0.29) is 0 Å². The summed E-state index contributed by atoms with van der Waals surface area (Å²) >= 11 is 0. The van der Waals surface area contributed by atoms with Crippen molar-refractivity contribution in [1.29, 1.82) is 0 Å². The first kappa shape index (κ1) is 11.4. The summed E-state index contributed by atoms with van der Waals surface area (Å²) in [7, 11) is -3.08. The highest BCUT2D eigenvalue weighted by molar-refractivity contribution is 7.90. The Bertz CT molecular complexity index is 500. The molecule has 0 spiro atoms. The molecule has 1 aromatic rings. The Hall–Kier alpha value is -1.13. The highest BCUT2D eigenvalue weighted by Gasteiger charge is 2.09. The highest BCUT2D eigenvalue weighted by atomic mass is 32.2. The lowest BCUT2D eigenvalue weighted by atomic mass is 10.0. The lowest BCUT2D eigenvalue weighted by Gasteiger charge is -2.14. The summed E-state index contributed by atoms with van der Waals surface area (Å²) in [6.07, 6.45) is 4.38. The van der Waals surface area contributed by atoms with Gasteiger partial charge in [-0.2, -0.15) is 0 Å². The van der Waals surface area contributed by atoms with Crippen LogP contribution in [0.3, 0.4) is 0 Å². The van der Waals surface area contributed by atoms with E-state index in [2.05, 4.69) is 11.4 Å². The Morgan fingerprint density at radius 3 is 2.38 bits per heavy atom. The number of nitrogens with one attached hydrogen (secondary N) is 1. The molecule has 1 aliphatic heterocycles. The molecule has 86 valence electrons. The maximum absolute atomic E-state index is 11.3. The van der Waals surface area contributed by atoms with Crippen molar-refractivity contribution < 1.29 is 8.42 Å². The van der Waals surface area contributed by atoms with Gasteiger partial charge in [-0.3, -0.25) is 0 Å². The second kappa shape index (κ2) is 4.39. The molecule has 0 bridgehead atoms. The van der Waals surface area contributed by atoms with Gasteiger partial charge in [0.2, 0.25) is 0 Å². The van der Waals surface area contributed by atoms with Gasteiger partial charge in [0.25, 0.3) is 0 Å². The molecule has 1 aromatic carbocycles. The minimum atomic E-state index is -3.08. The molecule has 2 rings (SSSR count). The fraction of sp³-hybridized carbons (Fsp3) is 0.333. The first-order chi connectivity index (χ1) is 7.57. The average Bonchev–Trinajstić information content (AvgIpc) is 2.29. The van der Waals surface area contributed by atoms with Gasteiger partial charge in [0.15, 0.2) is 9.84 Å². The van der Waals surface area contributed by atoms with E-state index >= 15 is 0 Å². The quantitative estimate of drug-likeness (QED) is 0.847. The normalized spacial score (nSPS) is 16.9. The van der Waals surface area contributed by atoms with Gasteiger partial charge >= 0.3 is 0 Å². The van der Waals surface area contributed by atoms with E-state index in [0.717, 1.165) is 25.1 Å². The predicted octanol–water partition coefficient (Wildman–Crippen LogP) is 1.47. The smallest absolute Gasteiger partial charge is 0.175 e. The molecule has 0 radical (unpaired) electrons. The van der Waals surface area contributed by atoms with Gasteiger partial charge in [0.1, 0.15) is 0 Å². The van der Waals surface area contributed by atoms with Crippen molar-refractivity contribution >= 4 is 15.4 Å². The number of hydrogen-bond donors (Lipinski definition) is 1. The molecular formula is C12H15NO2S. The van der Waals surface area contributed by atoms with Crippen molar-refractivity contribution in [3.63, 3.8) is 0 Å². The molecule has 0 saturated heterocycles. The fourth-order valence-electron chi connectivity index (χ4n) is 1.80. The van der Waals surface area contributed by atoms with E-state index in [0.29, 0.717) is 4.90 Å². The number of benzene rings is 1. The van der Waals surface area contributed by atoms with E-state index in [4.69, 9.17) is 0 Å². The van der Waals surface area contributed by atoms with Crippen LogP contribution >= 0.6 is 0 Å². The van der Waals surface area contributed by atoms with E-state index in [1.54, 1.807) is 12.1 Å². The third-order valence-corrected chi connectivity index (χ3v) is 3.85. The third kappa shape index (κ3) is 2.51. The van der Waals surface area contributed by atoms with E-state index in [9.17, 15) is 8.42 Å². The molecule has 3 nitrogen and oxygen atoms in total. The Kier molecular flexibility index (Phi) is 3.12. The van der Waals surface area contributed by atoms with Crippen LogP contribution in [0.1, 0.15) is 12.0 Å². The summed E-state index contributed by atoms with van der Waals surface area (Å²) in [6, 6.07) is 7.11. The lowest BCUT2D eigenvalue weighted by molar-refractivity contribution is 0.602.